The Morgan fingerprint density at radius 1 is 1.20 bits per heavy atom. The van der Waals surface area contributed by atoms with E-state index >= 15 is 0 Å². The summed E-state index contributed by atoms with van der Waals surface area (Å²) >= 11 is 1.59. The summed E-state index contributed by atoms with van der Waals surface area (Å²) < 4.78 is 8.48. The Hall–Kier alpha value is -3.70. The second kappa shape index (κ2) is 12.0. The zero-order valence-electron chi connectivity index (χ0n) is 23.8. The van der Waals surface area contributed by atoms with Crippen molar-refractivity contribution in [3.63, 3.8) is 0 Å². The number of rotatable bonds is 9. The van der Waals surface area contributed by atoms with Crippen molar-refractivity contribution in [2.24, 2.45) is 10.3 Å². The Bertz CT molecular complexity index is 1550. The normalized spacial score (nSPS) is 20.2. The summed E-state index contributed by atoms with van der Waals surface area (Å²) in [7, 11) is 0. The minimum atomic E-state index is -0.0915. The maximum atomic E-state index is 12.7. The number of hydrogen-bond acceptors (Lipinski definition) is 8. The smallest absolute Gasteiger partial charge is 0.242 e. The number of aryl methyl sites for hydroxylation is 1. The molecule has 1 amide bonds. The molecule has 3 atom stereocenters. The van der Waals surface area contributed by atoms with Crippen molar-refractivity contribution in [3.05, 3.63) is 66.4 Å². The molecule has 2 N–H and O–H groups in total. The van der Waals surface area contributed by atoms with Gasteiger partial charge in [0.25, 0.3) is 0 Å². The largest absolute Gasteiger partial charge is 0.353 e. The van der Waals surface area contributed by atoms with E-state index in [9.17, 15) is 4.79 Å². The van der Waals surface area contributed by atoms with Crippen LogP contribution in [-0.4, -0.2) is 65.7 Å². The molecule has 10 nitrogen and oxygen atoms in total. The van der Waals surface area contributed by atoms with Crippen LogP contribution >= 0.6 is 11.9 Å². The van der Waals surface area contributed by atoms with Crippen molar-refractivity contribution >= 4 is 35.0 Å². The number of carbonyl (C=O) groups is 1. The number of benzene rings is 1. The van der Waals surface area contributed by atoms with Gasteiger partial charge in [-0.1, -0.05) is 37.3 Å². The fraction of sp³-hybridized carbons (Fsp3) is 0.433. The van der Waals surface area contributed by atoms with E-state index < -0.39 is 0 Å². The summed E-state index contributed by atoms with van der Waals surface area (Å²) in [5, 5.41) is 11.2. The minimum absolute atomic E-state index is 0.0770. The molecule has 1 fully saturated rings. The van der Waals surface area contributed by atoms with Gasteiger partial charge in [-0.25, -0.2) is 14.4 Å². The van der Waals surface area contributed by atoms with Crippen LogP contribution in [0.15, 0.2) is 59.5 Å². The molecule has 0 radical (unpaired) electrons. The molecule has 2 aliphatic rings. The van der Waals surface area contributed by atoms with Gasteiger partial charge in [-0.05, 0) is 56.7 Å². The monoisotopic (exact) mass is 571 g/mol. The van der Waals surface area contributed by atoms with Gasteiger partial charge in [-0.2, -0.15) is 5.10 Å². The summed E-state index contributed by atoms with van der Waals surface area (Å²) in [6.45, 7) is 9.71. The van der Waals surface area contributed by atoms with E-state index in [0.29, 0.717) is 0 Å². The van der Waals surface area contributed by atoms with Crippen LogP contribution in [0.1, 0.15) is 50.4 Å². The van der Waals surface area contributed by atoms with Crippen LogP contribution in [0.25, 0.3) is 16.9 Å². The predicted molar refractivity (Wildman–Crippen MR) is 164 cm³/mol. The molecule has 3 aromatic heterocycles. The van der Waals surface area contributed by atoms with E-state index in [1.54, 1.807) is 22.8 Å². The number of imidazole rings is 1. The number of nitrogens with one attached hydrogen (secondary N) is 2. The van der Waals surface area contributed by atoms with E-state index in [4.69, 9.17) is 14.4 Å². The highest BCUT2D eigenvalue weighted by atomic mass is 32.2. The molecule has 6 rings (SSSR count). The van der Waals surface area contributed by atoms with Gasteiger partial charge in [0, 0.05) is 43.2 Å². The number of hydrogen-bond donors (Lipinski definition) is 2. The molecule has 214 valence electrons. The molecule has 0 spiro atoms. The van der Waals surface area contributed by atoms with Gasteiger partial charge in [-0.3, -0.25) is 18.8 Å². The Balaban J connectivity index is 1.11. The second-order valence-electron chi connectivity index (χ2n) is 11.3. The molecule has 0 bridgehead atoms. The van der Waals surface area contributed by atoms with Crippen LogP contribution in [0.3, 0.4) is 0 Å². The van der Waals surface area contributed by atoms with E-state index in [0.717, 1.165) is 66.0 Å². The number of carbonyl (C=O) groups excluding carboxylic acids is 1. The number of amides is 1. The first-order valence-electron chi connectivity index (χ1n) is 14.3. The maximum absolute atomic E-state index is 12.7. The third-order valence-electron chi connectivity index (χ3n) is 7.70. The average molecular weight is 572 g/mol. The highest BCUT2D eigenvalue weighted by molar-refractivity contribution is 7.99. The lowest BCUT2D eigenvalue weighted by molar-refractivity contribution is -0.122. The summed E-state index contributed by atoms with van der Waals surface area (Å²) in [5.41, 5.74) is 5.72. The van der Waals surface area contributed by atoms with Gasteiger partial charge in [0.15, 0.2) is 11.5 Å². The second-order valence-corrected chi connectivity index (χ2v) is 12.2. The highest BCUT2D eigenvalue weighted by Gasteiger charge is 2.25. The van der Waals surface area contributed by atoms with Crippen LogP contribution in [0, 0.1) is 12.8 Å². The maximum Gasteiger partial charge on any atom is 0.242 e. The fourth-order valence-corrected chi connectivity index (χ4v) is 6.54. The standard InChI is InChI=1S/C30H37N9OS/c1-20-8-7-11-37(15-20)18-25-12-28(41-36-25)35-29-30-31-14-26(39(30)16-21(2)33-29)24-13-32-38(17-24)19-27(40)34-22(3)23-9-5-4-6-10-23/h4-6,9-10,13-14,16-17,20,22,28H,7-8,11-12,15,18-19H2,1-3H3,(H,33,35)(H,34,40)/t20?,22-,28?/m1/s1. The molecule has 0 saturated carbocycles. The van der Waals surface area contributed by atoms with Gasteiger partial charge < -0.3 is 10.6 Å². The fourth-order valence-electron chi connectivity index (χ4n) is 5.70. The van der Waals surface area contributed by atoms with E-state index in [2.05, 4.69) is 27.6 Å². The Morgan fingerprint density at radius 3 is 2.88 bits per heavy atom. The number of nitrogens with zero attached hydrogens (tertiary/aromatic N) is 7. The van der Waals surface area contributed by atoms with Gasteiger partial charge in [-0.15, -0.1) is 0 Å². The molecule has 0 aliphatic carbocycles. The van der Waals surface area contributed by atoms with Gasteiger partial charge in [0.05, 0.1) is 29.8 Å². The highest BCUT2D eigenvalue weighted by Crippen LogP contribution is 2.30. The molecule has 11 heteroatoms. The van der Waals surface area contributed by atoms with E-state index in [1.165, 1.54) is 18.6 Å². The van der Waals surface area contributed by atoms with Crippen molar-refractivity contribution in [1.29, 1.82) is 0 Å². The van der Waals surface area contributed by atoms with Crippen LogP contribution in [0.2, 0.25) is 0 Å². The van der Waals surface area contributed by atoms with E-state index in [-0.39, 0.29) is 23.9 Å². The first-order chi connectivity index (χ1) is 19.9. The van der Waals surface area contributed by atoms with Gasteiger partial charge >= 0.3 is 0 Å². The SMILES string of the molecule is Cc1cn2c(-c3cnn(CC(=O)N[C@H](C)c4ccccc4)c3)cnc2c(NC2CC(CN3CCCC(C)C3)=NS2)n1. The van der Waals surface area contributed by atoms with Crippen molar-refractivity contribution in [3.8, 4) is 11.3 Å². The summed E-state index contributed by atoms with van der Waals surface area (Å²) in [6.07, 6.45) is 11.0. The molecular weight excluding hydrogens is 534 g/mol. The number of piperidine rings is 1. The molecule has 2 aliphatic heterocycles. The molecule has 1 saturated heterocycles. The number of aromatic nitrogens is 5. The first-order valence-corrected chi connectivity index (χ1v) is 15.2. The van der Waals surface area contributed by atoms with Gasteiger partial charge in [0.2, 0.25) is 5.91 Å². The Labute approximate surface area is 244 Å². The van der Waals surface area contributed by atoms with Crippen molar-refractivity contribution in [2.45, 2.75) is 58.0 Å². The summed E-state index contributed by atoms with van der Waals surface area (Å²) in [4.78, 5) is 24.7. The van der Waals surface area contributed by atoms with E-state index in [1.807, 2.05) is 67.2 Å². The summed E-state index contributed by atoms with van der Waals surface area (Å²) in [6, 6.07) is 9.85. The number of anilines is 1. The Morgan fingerprint density at radius 2 is 2.05 bits per heavy atom. The first kappa shape index (κ1) is 27.5. The summed E-state index contributed by atoms with van der Waals surface area (Å²) in [5.74, 6) is 1.42. The van der Waals surface area contributed by atoms with Gasteiger partial charge in [0.1, 0.15) is 11.9 Å². The molecule has 1 aromatic carbocycles. The zero-order valence-corrected chi connectivity index (χ0v) is 24.6. The molecule has 41 heavy (non-hydrogen) atoms. The van der Waals surface area contributed by atoms with Crippen LogP contribution in [-0.2, 0) is 11.3 Å². The Kier molecular flexibility index (Phi) is 8.06. The molecule has 4 aromatic rings. The average Bonchev–Trinajstić information content (AvgIpc) is 3.69. The lowest BCUT2D eigenvalue weighted by Crippen LogP contribution is -2.38. The minimum Gasteiger partial charge on any atom is -0.353 e. The third kappa shape index (κ3) is 6.46. The van der Waals surface area contributed by atoms with Crippen molar-refractivity contribution in [1.82, 2.24) is 34.4 Å². The van der Waals surface area contributed by atoms with Crippen LogP contribution < -0.4 is 10.6 Å². The van der Waals surface area contributed by atoms with Crippen molar-refractivity contribution in [2.75, 3.05) is 25.0 Å². The quantitative estimate of drug-likeness (QED) is 0.280. The number of likely N-dealkylation sites (tertiary alicyclic amines) is 1. The molecule has 2 unspecified atom stereocenters. The van der Waals surface area contributed by atoms with Crippen LogP contribution in [0.5, 0.6) is 0 Å². The number of fused-ring (bicyclic) bond motifs is 1. The molecule has 5 heterocycles. The predicted octanol–water partition coefficient (Wildman–Crippen LogP) is 4.74. The third-order valence-corrected chi connectivity index (χ3v) is 8.60. The van der Waals surface area contributed by atoms with Crippen LogP contribution in [0.4, 0.5) is 5.82 Å². The topological polar surface area (TPSA) is 105 Å². The zero-order chi connectivity index (χ0) is 28.3. The van der Waals surface area contributed by atoms with Crippen molar-refractivity contribution < 1.29 is 4.79 Å². The lowest BCUT2D eigenvalue weighted by atomic mass is 10.00. The lowest BCUT2D eigenvalue weighted by Gasteiger charge is -2.30. The molecular formula is C30H37N9OS.